The largest absolute Gasteiger partial charge is 0.478 e. The monoisotopic (exact) mass is 353 g/mol. The molecule has 0 aliphatic heterocycles. The Balaban J connectivity index is 1.84. The Bertz CT molecular complexity index is 930. The van der Waals surface area contributed by atoms with E-state index in [-0.39, 0.29) is 5.56 Å². The number of nitrogens with zero attached hydrogens (tertiary/aromatic N) is 3. The molecule has 1 aromatic carbocycles. The third kappa shape index (κ3) is 3.28. The summed E-state index contributed by atoms with van der Waals surface area (Å²) in [6, 6.07) is 10.6. The Morgan fingerprint density at radius 2 is 1.96 bits per heavy atom. The van der Waals surface area contributed by atoms with Gasteiger partial charge >= 0.3 is 5.97 Å². The average molecular weight is 354 g/mol. The summed E-state index contributed by atoms with van der Waals surface area (Å²) in [5, 5.41) is 9.91. The van der Waals surface area contributed by atoms with E-state index < -0.39 is 5.97 Å². The maximum atomic E-state index is 11.3. The first-order chi connectivity index (χ1) is 12.1. The highest BCUT2D eigenvalue weighted by Gasteiger charge is 2.25. The van der Waals surface area contributed by atoms with Crippen LogP contribution in [0, 0.1) is 5.92 Å². The molecule has 0 bridgehead atoms. The summed E-state index contributed by atoms with van der Waals surface area (Å²) in [4.78, 5) is 20.1. The van der Waals surface area contributed by atoms with E-state index in [4.69, 9.17) is 11.6 Å². The molecule has 0 radical (unpaired) electrons. The van der Waals surface area contributed by atoms with Gasteiger partial charge in [0.25, 0.3) is 0 Å². The van der Waals surface area contributed by atoms with Gasteiger partial charge in [0.1, 0.15) is 5.69 Å². The number of carboxylic acid groups (broad SMARTS) is 1. The molecule has 2 aromatic heterocycles. The van der Waals surface area contributed by atoms with Crippen molar-refractivity contribution in [3.63, 3.8) is 0 Å². The van der Waals surface area contributed by atoms with Gasteiger partial charge < -0.3 is 9.67 Å². The molecule has 0 spiro atoms. The minimum atomic E-state index is -0.978. The number of hydrogen-bond acceptors (Lipinski definition) is 3. The minimum Gasteiger partial charge on any atom is -0.478 e. The summed E-state index contributed by atoms with van der Waals surface area (Å²) in [7, 11) is 0. The Hall–Kier alpha value is -2.66. The number of aromatic carboxylic acids is 1. The second-order valence-corrected chi connectivity index (χ2v) is 6.72. The zero-order chi connectivity index (χ0) is 17.4. The molecular formula is C19H16ClN3O2. The van der Waals surface area contributed by atoms with Crippen LogP contribution in [0.3, 0.4) is 0 Å². The number of imidazole rings is 1. The molecule has 1 N–H and O–H groups in total. The summed E-state index contributed by atoms with van der Waals surface area (Å²) in [5.74, 6) is -0.291. The standard InChI is InChI=1S/C19H16ClN3O2/c20-15-5-3-13(4-6-15)18-17(22-11-23(18)10-12-1-2-12)16-9-14(19(24)25)7-8-21-16/h3-9,11-12H,1-2,10H2,(H,24,25). The smallest absolute Gasteiger partial charge is 0.335 e. The normalized spacial score (nSPS) is 13.8. The number of aromatic nitrogens is 3. The van der Waals surface area contributed by atoms with Crippen LogP contribution in [0.4, 0.5) is 0 Å². The van der Waals surface area contributed by atoms with Crippen LogP contribution in [0.2, 0.25) is 5.02 Å². The lowest BCUT2D eigenvalue weighted by atomic mass is 10.1. The molecule has 0 atom stereocenters. The quantitative estimate of drug-likeness (QED) is 0.739. The number of benzene rings is 1. The highest BCUT2D eigenvalue weighted by atomic mass is 35.5. The van der Waals surface area contributed by atoms with Crippen molar-refractivity contribution < 1.29 is 9.90 Å². The maximum absolute atomic E-state index is 11.3. The molecule has 1 fully saturated rings. The Labute approximate surface area is 149 Å². The van der Waals surface area contributed by atoms with E-state index in [1.807, 2.05) is 30.6 Å². The van der Waals surface area contributed by atoms with Crippen molar-refractivity contribution in [1.29, 1.82) is 0 Å². The zero-order valence-electron chi connectivity index (χ0n) is 13.4. The fourth-order valence-electron chi connectivity index (χ4n) is 2.89. The van der Waals surface area contributed by atoms with E-state index in [0.29, 0.717) is 22.3 Å². The molecule has 6 heteroatoms. The van der Waals surface area contributed by atoms with Crippen molar-refractivity contribution in [2.24, 2.45) is 5.92 Å². The average Bonchev–Trinajstić information content (AvgIpc) is 3.33. The number of carboxylic acids is 1. The van der Waals surface area contributed by atoms with E-state index >= 15 is 0 Å². The number of pyridine rings is 1. The Morgan fingerprint density at radius 1 is 1.20 bits per heavy atom. The van der Waals surface area contributed by atoms with Gasteiger partial charge in [-0.1, -0.05) is 23.7 Å². The fraction of sp³-hybridized carbons (Fsp3) is 0.211. The van der Waals surface area contributed by atoms with Gasteiger partial charge in [0.05, 0.1) is 23.3 Å². The molecule has 126 valence electrons. The molecule has 5 nitrogen and oxygen atoms in total. The van der Waals surface area contributed by atoms with Crippen LogP contribution < -0.4 is 0 Å². The number of hydrogen-bond donors (Lipinski definition) is 1. The molecule has 25 heavy (non-hydrogen) atoms. The van der Waals surface area contributed by atoms with Crippen molar-refractivity contribution >= 4 is 17.6 Å². The van der Waals surface area contributed by atoms with E-state index in [2.05, 4.69) is 14.5 Å². The van der Waals surface area contributed by atoms with Crippen molar-refractivity contribution in [3.8, 4) is 22.6 Å². The fourth-order valence-corrected chi connectivity index (χ4v) is 3.02. The molecule has 2 heterocycles. The highest BCUT2D eigenvalue weighted by Crippen LogP contribution is 2.36. The van der Waals surface area contributed by atoms with Crippen LogP contribution in [0.25, 0.3) is 22.6 Å². The van der Waals surface area contributed by atoms with Gasteiger partial charge in [0, 0.05) is 23.3 Å². The summed E-state index contributed by atoms with van der Waals surface area (Å²) in [6.07, 6.45) is 5.79. The first kappa shape index (κ1) is 15.8. The van der Waals surface area contributed by atoms with Gasteiger partial charge in [0.2, 0.25) is 0 Å². The predicted molar refractivity (Wildman–Crippen MR) is 95.6 cm³/mol. The summed E-state index contributed by atoms with van der Waals surface area (Å²) in [5.41, 5.74) is 3.37. The van der Waals surface area contributed by atoms with Crippen molar-refractivity contribution in [1.82, 2.24) is 14.5 Å². The number of rotatable bonds is 5. The second-order valence-electron chi connectivity index (χ2n) is 6.28. The van der Waals surface area contributed by atoms with Gasteiger partial charge in [-0.15, -0.1) is 0 Å². The van der Waals surface area contributed by atoms with E-state index in [1.165, 1.54) is 25.1 Å². The van der Waals surface area contributed by atoms with Gasteiger partial charge in [-0.25, -0.2) is 9.78 Å². The predicted octanol–water partition coefficient (Wildman–Crippen LogP) is 4.37. The molecule has 1 aliphatic rings. The first-order valence-corrected chi connectivity index (χ1v) is 8.50. The lowest BCUT2D eigenvalue weighted by Gasteiger charge is -2.10. The summed E-state index contributed by atoms with van der Waals surface area (Å²) in [6.45, 7) is 0.906. The molecule has 0 unspecified atom stereocenters. The lowest BCUT2D eigenvalue weighted by molar-refractivity contribution is 0.0697. The van der Waals surface area contributed by atoms with Crippen LogP contribution in [-0.4, -0.2) is 25.6 Å². The molecule has 1 aliphatic carbocycles. The van der Waals surface area contributed by atoms with Gasteiger partial charge in [0.15, 0.2) is 0 Å². The maximum Gasteiger partial charge on any atom is 0.335 e. The second kappa shape index (κ2) is 6.33. The third-order valence-corrected chi connectivity index (χ3v) is 4.61. The van der Waals surface area contributed by atoms with Crippen LogP contribution in [0.1, 0.15) is 23.2 Å². The Morgan fingerprint density at radius 3 is 2.64 bits per heavy atom. The number of halogens is 1. The van der Waals surface area contributed by atoms with Crippen molar-refractivity contribution in [3.05, 3.63) is 59.5 Å². The van der Waals surface area contributed by atoms with Crippen LogP contribution in [0.5, 0.6) is 0 Å². The minimum absolute atomic E-state index is 0.198. The van der Waals surface area contributed by atoms with Crippen molar-refractivity contribution in [2.45, 2.75) is 19.4 Å². The van der Waals surface area contributed by atoms with Gasteiger partial charge in [-0.3, -0.25) is 4.98 Å². The number of carbonyl (C=O) groups is 1. The zero-order valence-corrected chi connectivity index (χ0v) is 14.1. The topological polar surface area (TPSA) is 68.0 Å². The molecule has 3 aromatic rings. The van der Waals surface area contributed by atoms with E-state index in [1.54, 1.807) is 6.07 Å². The van der Waals surface area contributed by atoms with Gasteiger partial charge in [-0.2, -0.15) is 0 Å². The van der Waals surface area contributed by atoms with Crippen molar-refractivity contribution in [2.75, 3.05) is 0 Å². The molecule has 0 amide bonds. The highest BCUT2D eigenvalue weighted by molar-refractivity contribution is 6.30. The molecule has 1 saturated carbocycles. The van der Waals surface area contributed by atoms with Crippen LogP contribution >= 0.6 is 11.6 Å². The molecule has 0 saturated heterocycles. The van der Waals surface area contributed by atoms with Crippen LogP contribution in [-0.2, 0) is 6.54 Å². The van der Waals surface area contributed by atoms with E-state index in [9.17, 15) is 9.90 Å². The van der Waals surface area contributed by atoms with Crippen LogP contribution in [0.15, 0.2) is 48.9 Å². The SMILES string of the molecule is O=C(O)c1ccnc(-c2ncn(CC3CC3)c2-c2ccc(Cl)cc2)c1. The van der Waals surface area contributed by atoms with E-state index in [0.717, 1.165) is 17.8 Å². The van der Waals surface area contributed by atoms with Gasteiger partial charge in [-0.05, 0) is 43.0 Å². The summed E-state index contributed by atoms with van der Waals surface area (Å²) < 4.78 is 2.13. The Kier molecular flexibility index (Phi) is 4.01. The molecular weight excluding hydrogens is 338 g/mol. The first-order valence-electron chi connectivity index (χ1n) is 8.12. The summed E-state index contributed by atoms with van der Waals surface area (Å²) >= 11 is 6.02. The lowest BCUT2D eigenvalue weighted by Crippen LogP contribution is -2.02. The third-order valence-electron chi connectivity index (χ3n) is 4.36. The molecule has 4 rings (SSSR count).